The first kappa shape index (κ1) is 22.8. The van der Waals surface area contributed by atoms with E-state index in [2.05, 4.69) is 9.71 Å². The molecule has 2 aromatic carbocycles. The summed E-state index contributed by atoms with van der Waals surface area (Å²) in [5, 5.41) is 2.52. The fraction of sp³-hybridized carbons (Fsp3) is 0.174. The topological polar surface area (TPSA) is 82.5 Å². The van der Waals surface area contributed by atoms with Crippen molar-refractivity contribution in [1.29, 1.82) is 0 Å². The van der Waals surface area contributed by atoms with Gasteiger partial charge in [0.05, 0.1) is 31.3 Å². The standard InChI is InChI=1S/C23H22FN3O4S2/c1-14-22(33(28,29)26-17-9-10-20(30-3)21(11-17)31-4)12-19(27(14)2)23-25-18(13-32-23)15-5-7-16(24)8-6-15/h5-13,26H,1-4H3. The number of aromatic nitrogens is 2. The number of hydrogen-bond donors (Lipinski definition) is 1. The van der Waals surface area contributed by atoms with Crippen LogP contribution < -0.4 is 14.2 Å². The SMILES string of the molecule is COc1ccc(NS(=O)(=O)c2cc(-c3nc(-c4ccc(F)cc4)cs3)n(C)c2C)cc1OC. The van der Waals surface area contributed by atoms with Gasteiger partial charge in [0.15, 0.2) is 11.5 Å². The maximum Gasteiger partial charge on any atom is 0.263 e. The molecule has 0 aliphatic heterocycles. The van der Waals surface area contributed by atoms with Crippen molar-refractivity contribution in [3.05, 3.63) is 65.4 Å². The Morgan fingerprint density at radius 2 is 1.73 bits per heavy atom. The molecule has 2 aromatic heterocycles. The molecule has 10 heteroatoms. The number of nitrogens with zero attached hydrogens (tertiary/aromatic N) is 2. The zero-order chi connectivity index (χ0) is 23.8. The molecule has 4 rings (SSSR count). The second-order valence-electron chi connectivity index (χ2n) is 7.26. The number of hydrogen-bond acceptors (Lipinski definition) is 6. The summed E-state index contributed by atoms with van der Waals surface area (Å²) < 4.78 is 54.4. The highest BCUT2D eigenvalue weighted by Gasteiger charge is 2.24. The van der Waals surface area contributed by atoms with Crippen LogP contribution >= 0.6 is 11.3 Å². The van der Waals surface area contributed by atoms with Crippen LogP contribution in [0.3, 0.4) is 0 Å². The van der Waals surface area contributed by atoms with Gasteiger partial charge in [-0.3, -0.25) is 4.72 Å². The maximum absolute atomic E-state index is 13.2. The van der Waals surface area contributed by atoms with Gasteiger partial charge in [-0.2, -0.15) is 0 Å². The lowest BCUT2D eigenvalue weighted by Gasteiger charge is -2.12. The van der Waals surface area contributed by atoms with Crippen molar-refractivity contribution in [2.75, 3.05) is 18.9 Å². The Bertz CT molecular complexity index is 1410. The predicted molar refractivity (Wildman–Crippen MR) is 127 cm³/mol. The molecule has 0 saturated heterocycles. The molecule has 0 spiro atoms. The van der Waals surface area contributed by atoms with Gasteiger partial charge in [-0.05, 0) is 49.4 Å². The summed E-state index contributed by atoms with van der Waals surface area (Å²) in [6, 6.07) is 12.5. The lowest BCUT2D eigenvalue weighted by Crippen LogP contribution is -2.14. The van der Waals surface area contributed by atoms with Gasteiger partial charge in [0.1, 0.15) is 15.7 Å². The molecular weight excluding hydrogens is 465 g/mol. The molecular formula is C23H22FN3O4S2. The molecule has 0 amide bonds. The smallest absolute Gasteiger partial charge is 0.263 e. The molecule has 0 unspecified atom stereocenters. The quantitative estimate of drug-likeness (QED) is 0.393. The van der Waals surface area contributed by atoms with Crippen molar-refractivity contribution < 1.29 is 22.3 Å². The molecule has 0 fully saturated rings. The predicted octanol–water partition coefficient (Wildman–Crippen LogP) is 5.08. The minimum atomic E-state index is -3.88. The highest BCUT2D eigenvalue weighted by Crippen LogP contribution is 2.34. The maximum atomic E-state index is 13.2. The number of sulfonamides is 1. The second-order valence-corrected chi connectivity index (χ2v) is 9.77. The Balaban J connectivity index is 1.66. The minimum Gasteiger partial charge on any atom is -0.493 e. The first-order chi connectivity index (χ1) is 15.7. The zero-order valence-electron chi connectivity index (χ0n) is 18.4. The van der Waals surface area contributed by atoms with E-state index in [1.807, 2.05) is 5.38 Å². The molecule has 0 radical (unpaired) electrons. The van der Waals surface area contributed by atoms with Gasteiger partial charge in [-0.25, -0.2) is 17.8 Å². The molecule has 4 aromatic rings. The van der Waals surface area contributed by atoms with Crippen LogP contribution in [-0.4, -0.2) is 32.2 Å². The number of ether oxygens (including phenoxy) is 2. The van der Waals surface area contributed by atoms with Crippen LogP contribution in [0.4, 0.5) is 10.1 Å². The number of thiazole rings is 1. The van der Waals surface area contributed by atoms with E-state index in [0.717, 1.165) is 5.56 Å². The lowest BCUT2D eigenvalue weighted by atomic mass is 10.2. The van der Waals surface area contributed by atoms with Gasteiger partial charge in [0.2, 0.25) is 0 Å². The van der Waals surface area contributed by atoms with Crippen molar-refractivity contribution in [2.24, 2.45) is 7.05 Å². The van der Waals surface area contributed by atoms with Crippen LogP contribution in [0, 0.1) is 12.7 Å². The third-order valence-electron chi connectivity index (χ3n) is 5.28. The molecule has 33 heavy (non-hydrogen) atoms. The van der Waals surface area contributed by atoms with Crippen LogP contribution in [-0.2, 0) is 17.1 Å². The highest BCUT2D eigenvalue weighted by atomic mass is 32.2. The van der Waals surface area contributed by atoms with Crippen molar-refractivity contribution in [2.45, 2.75) is 11.8 Å². The number of anilines is 1. The van der Waals surface area contributed by atoms with Gasteiger partial charge >= 0.3 is 0 Å². The first-order valence-electron chi connectivity index (χ1n) is 9.86. The van der Waals surface area contributed by atoms with Crippen LogP contribution in [0.1, 0.15) is 5.69 Å². The van der Waals surface area contributed by atoms with E-state index in [4.69, 9.17) is 9.47 Å². The molecule has 0 aliphatic rings. The summed E-state index contributed by atoms with van der Waals surface area (Å²) in [4.78, 5) is 4.78. The second kappa shape index (κ2) is 8.87. The van der Waals surface area contributed by atoms with E-state index < -0.39 is 10.0 Å². The molecule has 7 nitrogen and oxygen atoms in total. The summed E-state index contributed by atoms with van der Waals surface area (Å²) in [7, 11) is 0.905. The van der Waals surface area contributed by atoms with E-state index >= 15 is 0 Å². The number of halogens is 1. The Morgan fingerprint density at radius 3 is 2.39 bits per heavy atom. The number of methoxy groups -OCH3 is 2. The average molecular weight is 488 g/mol. The third-order valence-corrected chi connectivity index (χ3v) is 7.64. The van der Waals surface area contributed by atoms with E-state index in [0.29, 0.717) is 39.3 Å². The Kier molecular flexibility index (Phi) is 6.13. The number of nitrogens with one attached hydrogen (secondary N) is 1. The third kappa shape index (κ3) is 4.44. The molecule has 172 valence electrons. The fourth-order valence-electron chi connectivity index (χ4n) is 3.40. The zero-order valence-corrected chi connectivity index (χ0v) is 20.1. The lowest BCUT2D eigenvalue weighted by molar-refractivity contribution is 0.355. The number of benzene rings is 2. The van der Waals surface area contributed by atoms with E-state index in [1.54, 1.807) is 54.9 Å². The summed E-state index contributed by atoms with van der Waals surface area (Å²) in [5.74, 6) is 0.600. The van der Waals surface area contributed by atoms with Crippen molar-refractivity contribution >= 4 is 27.0 Å². The van der Waals surface area contributed by atoms with Crippen LogP contribution in [0.15, 0.2) is 58.8 Å². The Morgan fingerprint density at radius 1 is 1.03 bits per heavy atom. The normalized spacial score (nSPS) is 11.4. The van der Waals surface area contributed by atoms with Crippen LogP contribution in [0.25, 0.3) is 22.0 Å². The summed E-state index contributed by atoms with van der Waals surface area (Å²) in [6.45, 7) is 1.74. The summed E-state index contributed by atoms with van der Waals surface area (Å²) >= 11 is 1.39. The monoisotopic (exact) mass is 487 g/mol. The Hall–Kier alpha value is -3.37. The summed E-state index contributed by atoms with van der Waals surface area (Å²) in [6.07, 6.45) is 0. The minimum absolute atomic E-state index is 0.147. The first-order valence-corrected chi connectivity index (χ1v) is 12.2. The summed E-state index contributed by atoms with van der Waals surface area (Å²) in [5.41, 5.74) is 3.06. The molecule has 0 saturated carbocycles. The average Bonchev–Trinajstić information content (AvgIpc) is 3.39. The highest BCUT2D eigenvalue weighted by molar-refractivity contribution is 7.92. The van der Waals surface area contributed by atoms with Crippen LogP contribution in [0.5, 0.6) is 11.5 Å². The molecule has 0 bridgehead atoms. The van der Waals surface area contributed by atoms with E-state index in [1.165, 1.54) is 37.7 Å². The van der Waals surface area contributed by atoms with Gasteiger partial charge in [-0.1, -0.05) is 0 Å². The van der Waals surface area contributed by atoms with E-state index in [-0.39, 0.29) is 10.7 Å². The number of rotatable bonds is 7. The van der Waals surface area contributed by atoms with Gasteiger partial charge in [-0.15, -0.1) is 11.3 Å². The van der Waals surface area contributed by atoms with Gasteiger partial charge in [0.25, 0.3) is 10.0 Å². The van der Waals surface area contributed by atoms with Crippen molar-refractivity contribution in [3.8, 4) is 33.5 Å². The van der Waals surface area contributed by atoms with Gasteiger partial charge < -0.3 is 14.0 Å². The Labute approximate surface area is 195 Å². The fourth-order valence-corrected chi connectivity index (χ4v) is 5.62. The molecule has 0 aliphatic carbocycles. The van der Waals surface area contributed by atoms with Gasteiger partial charge in [0, 0.05) is 29.8 Å². The molecule has 2 heterocycles. The molecule has 0 atom stereocenters. The van der Waals surface area contributed by atoms with Crippen molar-refractivity contribution in [3.63, 3.8) is 0 Å². The molecule has 1 N–H and O–H groups in total. The van der Waals surface area contributed by atoms with Crippen molar-refractivity contribution in [1.82, 2.24) is 9.55 Å². The van der Waals surface area contributed by atoms with E-state index in [9.17, 15) is 12.8 Å². The van der Waals surface area contributed by atoms with Crippen LogP contribution in [0.2, 0.25) is 0 Å². The largest absolute Gasteiger partial charge is 0.493 e.